The number of hydrogen-bond donors (Lipinski definition) is 0. The van der Waals surface area contributed by atoms with E-state index in [0.717, 1.165) is 49.4 Å². The van der Waals surface area contributed by atoms with Gasteiger partial charge in [0.25, 0.3) is 0 Å². The van der Waals surface area contributed by atoms with E-state index in [2.05, 4.69) is 192 Å². The van der Waals surface area contributed by atoms with Crippen LogP contribution in [-0.4, -0.2) is 30.4 Å². The Bertz CT molecular complexity index is 2540. The first-order chi connectivity index (χ1) is 28.4. The van der Waals surface area contributed by atoms with E-state index < -0.39 is 20.4 Å². The van der Waals surface area contributed by atoms with Crippen LogP contribution in [-0.2, 0) is 32.9 Å². The molecule has 3 nitrogen and oxygen atoms in total. The maximum atomic E-state index is 7.11. The fourth-order valence-corrected chi connectivity index (χ4v) is 10.8. The first kappa shape index (κ1) is 46.4. The van der Waals surface area contributed by atoms with Gasteiger partial charge in [0.05, 0.1) is 0 Å². The largest absolute Gasteiger partial charge is 2.00 e. The Labute approximate surface area is 390 Å². The summed E-state index contributed by atoms with van der Waals surface area (Å²) in [5.41, 5.74) is 15.6. The second-order valence-electron chi connectivity index (χ2n) is 19.4. The zero-order valence-electron chi connectivity index (χ0n) is 37.9. The number of hydrogen-bond acceptors (Lipinski definition) is 3. The molecule has 7 rings (SSSR count). The molecule has 3 heterocycles. The molecule has 0 atom stereocenters. The Morgan fingerprint density at radius 3 is 1.74 bits per heavy atom. The normalized spacial score (nSPS) is 12.0. The molecule has 0 amide bonds. The minimum atomic E-state index is -0.908. The van der Waals surface area contributed by atoms with Crippen LogP contribution >= 0.6 is 0 Å². The van der Waals surface area contributed by atoms with Crippen molar-refractivity contribution in [1.29, 1.82) is 0 Å². The van der Waals surface area contributed by atoms with Gasteiger partial charge in [0, 0.05) is 0 Å². The molecular weight excluding hydrogens is 1040 g/mol. The number of ether oxygens (including phenoxy) is 1. The summed E-state index contributed by atoms with van der Waals surface area (Å²) in [4.78, 5) is 9.69. The van der Waals surface area contributed by atoms with E-state index in [-0.39, 0.29) is 31.9 Å². The maximum Gasteiger partial charge on any atom is 2.00 e. The molecule has 0 spiro atoms. The summed E-state index contributed by atoms with van der Waals surface area (Å²) in [6.45, 7) is 27.4. The van der Waals surface area contributed by atoms with Gasteiger partial charge in [0.1, 0.15) is 0 Å². The molecule has 0 aliphatic rings. The smallest absolute Gasteiger partial charge is 2.00 e. The number of rotatable bonds is 11. The minimum absolute atomic E-state index is 0. The molecule has 4 aromatic carbocycles. The predicted molar refractivity (Wildman–Crippen MR) is 254 cm³/mol. The van der Waals surface area contributed by atoms with Gasteiger partial charge in [0.2, 0.25) is 0 Å². The molecule has 0 fully saturated rings. The van der Waals surface area contributed by atoms with E-state index in [1.54, 1.807) is 0 Å². The first-order valence-corrected chi connectivity index (χ1v) is 23.8. The van der Waals surface area contributed by atoms with E-state index in [1.165, 1.54) is 42.5 Å². The molecule has 316 valence electrons. The fourth-order valence-electron chi connectivity index (χ4n) is 7.72. The van der Waals surface area contributed by atoms with Gasteiger partial charge in [-0.05, 0) is 28.5 Å². The van der Waals surface area contributed by atoms with Gasteiger partial charge >= 0.3 is 320 Å². The molecule has 61 heavy (non-hydrogen) atoms. The van der Waals surface area contributed by atoms with Crippen molar-refractivity contribution in [2.75, 3.05) is 0 Å². The summed E-state index contributed by atoms with van der Waals surface area (Å²) in [6, 6.07) is 45.0. The predicted octanol–water partition coefficient (Wildman–Crippen LogP) is 15.5. The van der Waals surface area contributed by atoms with Gasteiger partial charge in [-0.25, -0.2) is 0 Å². The van der Waals surface area contributed by atoms with Crippen molar-refractivity contribution < 1.29 is 25.8 Å². The van der Waals surface area contributed by atoms with Crippen LogP contribution in [0.15, 0.2) is 116 Å². The maximum absolute atomic E-state index is 7.11. The number of aromatic nitrogens is 2. The molecular formula is C56H60N2OPtTe. The minimum Gasteiger partial charge on any atom is 2.00 e. The monoisotopic (exact) mass is 1100 g/mol. The molecule has 5 heteroatoms. The molecule has 0 bridgehead atoms. The summed E-state index contributed by atoms with van der Waals surface area (Å²) < 4.78 is 9.55. The van der Waals surface area contributed by atoms with E-state index in [9.17, 15) is 0 Å². The second kappa shape index (κ2) is 19.1. The van der Waals surface area contributed by atoms with Crippen LogP contribution in [0.1, 0.15) is 129 Å². The van der Waals surface area contributed by atoms with Gasteiger partial charge in [-0.3, -0.25) is 0 Å². The van der Waals surface area contributed by atoms with Crippen molar-refractivity contribution in [3.63, 3.8) is 0 Å². The third kappa shape index (κ3) is 11.1. The zero-order valence-corrected chi connectivity index (χ0v) is 42.5. The van der Waals surface area contributed by atoms with E-state index in [4.69, 9.17) is 14.7 Å². The van der Waals surface area contributed by atoms with E-state index >= 15 is 0 Å². The number of benzene rings is 4. The Morgan fingerprint density at radius 1 is 0.607 bits per heavy atom. The summed E-state index contributed by atoms with van der Waals surface area (Å²) in [5.74, 6) is 2.59. The summed E-state index contributed by atoms with van der Waals surface area (Å²) in [6.07, 6.45) is 4.85. The van der Waals surface area contributed by atoms with Crippen LogP contribution in [0.2, 0.25) is 0 Å². The first-order valence-electron chi connectivity index (χ1n) is 21.5. The van der Waals surface area contributed by atoms with Crippen molar-refractivity contribution in [2.45, 2.75) is 113 Å². The van der Waals surface area contributed by atoms with Crippen LogP contribution < -0.4 is 4.74 Å². The quantitative estimate of drug-likeness (QED) is 0.0956. The van der Waals surface area contributed by atoms with Crippen molar-refractivity contribution in [3.05, 3.63) is 155 Å². The Morgan fingerprint density at radius 2 is 1.20 bits per heavy atom. The molecule has 7 aromatic rings. The van der Waals surface area contributed by atoms with Gasteiger partial charge in [-0.15, -0.1) is 0 Å². The number of pyridine rings is 2. The average Bonchev–Trinajstić information content (AvgIpc) is 3.63. The number of nitrogens with zero attached hydrogens (tertiary/aromatic N) is 2. The molecule has 3 aromatic heterocycles. The summed E-state index contributed by atoms with van der Waals surface area (Å²) >= 11 is -0.908. The Hall–Kier alpha value is -4.06. The van der Waals surface area contributed by atoms with Gasteiger partial charge < -0.3 is 0 Å². The van der Waals surface area contributed by atoms with Crippen LogP contribution in [0.5, 0.6) is 11.5 Å². The molecule has 0 N–H and O–H groups in total. The van der Waals surface area contributed by atoms with Crippen LogP contribution in [0.4, 0.5) is 0 Å². The zero-order chi connectivity index (χ0) is 42.9. The van der Waals surface area contributed by atoms with Gasteiger partial charge in [-0.1, -0.05) is 45.0 Å². The molecule has 0 radical (unpaired) electrons. The van der Waals surface area contributed by atoms with Crippen LogP contribution in [0, 0.1) is 17.5 Å². The summed E-state index contributed by atoms with van der Waals surface area (Å²) in [5, 5.41) is 0. The SMILES string of the molecule is CC(C)c1cc(C(C)C)c(-c2[te]c(-c3ccccn3)[c-]c2Oc2[c-]c(-c3cc(-c4ccc(-c5ccc(CC(C)(C)C)cc5)cc4)ccn3)cc(C(C)(C)C)c2)c(C(C)C)c1.[Pt+2]. The third-order valence-electron chi connectivity index (χ3n) is 11.1. The summed E-state index contributed by atoms with van der Waals surface area (Å²) in [7, 11) is 0. The fraction of sp³-hybridized carbons (Fsp3) is 0.321. The van der Waals surface area contributed by atoms with E-state index in [1.807, 2.05) is 18.5 Å². The Balaban J connectivity index is 0.00000622. The molecule has 0 saturated heterocycles. The second-order valence-corrected chi connectivity index (χ2v) is 22.3. The van der Waals surface area contributed by atoms with Crippen molar-refractivity contribution >= 4 is 20.4 Å². The molecule has 0 saturated carbocycles. The molecule has 0 aliphatic carbocycles. The van der Waals surface area contributed by atoms with Crippen LogP contribution in [0.3, 0.4) is 0 Å². The van der Waals surface area contributed by atoms with Gasteiger partial charge in [-0.2, -0.15) is 0 Å². The molecule has 0 aliphatic heterocycles. The average molecular weight is 1100 g/mol. The standard InChI is InChI=1S/C56H60N2OTe.Pt/c1-35(2)43-29-47(36(3)4)53(48(30-43)37(5)6)54-51(33-52(60-54)49-15-13-14-25-57-49)59-46-28-44(27-45(32-46)56(10,11)12)50-31-42(24-26-58-50)41-22-20-40(21-23-41)39-18-16-38(17-19-39)34-55(7,8)9;/h13-27,29-32,35-37H,34H2,1-12H3;/q-2;+2. The topological polar surface area (TPSA) is 35.0 Å². The third-order valence-corrected chi connectivity index (χ3v) is 14.3. The van der Waals surface area contributed by atoms with Crippen molar-refractivity contribution in [1.82, 2.24) is 9.97 Å². The molecule has 0 unspecified atom stereocenters. The van der Waals surface area contributed by atoms with Crippen LogP contribution in [0.25, 0.3) is 51.9 Å². The Kier molecular flexibility index (Phi) is 14.6. The van der Waals surface area contributed by atoms with Gasteiger partial charge in [0.15, 0.2) is 0 Å². The van der Waals surface area contributed by atoms with Crippen molar-refractivity contribution in [2.24, 2.45) is 5.41 Å². The van der Waals surface area contributed by atoms with E-state index in [0.29, 0.717) is 23.5 Å². The van der Waals surface area contributed by atoms with Crippen molar-refractivity contribution in [3.8, 4) is 63.4 Å².